The van der Waals surface area contributed by atoms with E-state index in [1.807, 2.05) is 41.8 Å². The van der Waals surface area contributed by atoms with Gasteiger partial charge < -0.3 is 5.32 Å². The summed E-state index contributed by atoms with van der Waals surface area (Å²) in [5.74, 6) is 0. The van der Waals surface area contributed by atoms with Crippen LogP contribution in [-0.4, -0.2) is 4.98 Å². The SMILES string of the molecule is N#C/C(=C\Nc1ccc(Cl)cc1)c1nc(-c2ccc(Br)cc2)cs1. The third kappa shape index (κ3) is 4.04. The molecule has 0 saturated carbocycles. The zero-order valence-electron chi connectivity index (χ0n) is 12.3. The smallest absolute Gasteiger partial charge is 0.136 e. The van der Waals surface area contributed by atoms with E-state index in [1.54, 1.807) is 18.3 Å². The van der Waals surface area contributed by atoms with Crippen molar-refractivity contribution in [1.82, 2.24) is 4.98 Å². The van der Waals surface area contributed by atoms with Gasteiger partial charge in [0.2, 0.25) is 0 Å². The van der Waals surface area contributed by atoms with Crippen LogP contribution in [0.1, 0.15) is 5.01 Å². The van der Waals surface area contributed by atoms with Crippen LogP contribution in [0.2, 0.25) is 5.02 Å². The minimum atomic E-state index is 0.485. The van der Waals surface area contributed by atoms with E-state index >= 15 is 0 Å². The Morgan fingerprint density at radius 3 is 2.54 bits per heavy atom. The fourth-order valence-electron chi connectivity index (χ4n) is 1.99. The molecule has 2 aromatic carbocycles. The van der Waals surface area contributed by atoms with Gasteiger partial charge in [0.05, 0.1) is 5.69 Å². The molecule has 3 aromatic rings. The topological polar surface area (TPSA) is 48.7 Å². The third-order valence-corrected chi connectivity index (χ3v) is 4.88. The Labute approximate surface area is 157 Å². The van der Waals surface area contributed by atoms with Gasteiger partial charge in [-0.1, -0.05) is 39.7 Å². The van der Waals surface area contributed by atoms with Gasteiger partial charge in [0.15, 0.2) is 0 Å². The minimum Gasteiger partial charge on any atom is -0.360 e. The van der Waals surface area contributed by atoms with Crippen molar-refractivity contribution in [2.24, 2.45) is 0 Å². The molecule has 0 aliphatic carbocycles. The standard InChI is InChI=1S/C18H11BrClN3S/c19-14-3-1-12(2-4-14)17-11-24-18(23-17)13(9-21)10-22-16-7-5-15(20)6-8-16/h1-8,10-11,22H/b13-10+. The third-order valence-electron chi connectivity index (χ3n) is 3.22. The van der Waals surface area contributed by atoms with Gasteiger partial charge in [0.25, 0.3) is 0 Å². The molecule has 1 N–H and O–H groups in total. The molecule has 24 heavy (non-hydrogen) atoms. The summed E-state index contributed by atoms with van der Waals surface area (Å²) in [6.07, 6.45) is 1.66. The highest BCUT2D eigenvalue weighted by molar-refractivity contribution is 9.10. The summed E-state index contributed by atoms with van der Waals surface area (Å²) < 4.78 is 1.02. The number of nitrogens with zero attached hydrogens (tertiary/aromatic N) is 2. The maximum atomic E-state index is 9.40. The number of nitriles is 1. The zero-order valence-corrected chi connectivity index (χ0v) is 15.5. The number of allylic oxidation sites excluding steroid dienone is 1. The summed E-state index contributed by atoms with van der Waals surface area (Å²) in [6, 6.07) is 17.4. The molecule has 0 unspecified atom stereocenters. The Balaban J connectivity index is 1.81. The maximum absolute atomic E-state index is 9.40. The Morgan fingerprint density at radius 2 is 1.88 bits per heavy atom. The number of nitrogens with one attached hydrogen (secondary N) is 1. The van der Waals surface area contributed by atoms with Crippen LogP contribution >= 0.6 is 38.9 Å². The second-order valence-corrected chi connectivity index (χ2v) is 7.08. The Bertz CT molecular complexity index is 909. The predicted molar refractivity (Wildman–Crippen MR) is 104 cm³/mol. The summed E-state index contributed by atoms with van der Waals surface area (Å²) in [6.45, 7) is 0. The molecule has 3 nitrogen and oxygen atoms in total. The lowest BCUT2D eigenvalue weighted by atomic mass is 10.2. The van der Waals surface area contributed by atoms with Gasteiger partial charge in [0, 0.05) is 32.3 Å². The van der Waals surface area contributed by atoms with Crippen LogP contribution in [0.4, 0.5) is 5.69 Å². The molecule has 1 aromatic heterocycles. The van der Waals surface area contributed by atoms with E-state index in [1.165, 1.54) is 11.3 Å². The summed E-state index contributed by atoms with van der Waals surface area (Å²) in [7, 11) is 0. The van der Waals surface area contributed by atoms with Crippen molar-refractivity contribution in [3.8, 4) is 17.3 Å². The number of benzene rings is 2. The first kappa shape index (κ1) is 16.7. The second kappa shape index (κ2) is 7.63. The zero-order chi connectivity index (χ0) is 16.9. The number of halogens is 2. The number of aromatic nitrogens is 1. The lowest BCUT2D eigenvalue weighted by molar-refractivity contribution is 1.36. The van der Waals surface area contributed by atoms with E-state index in [-0.39, 0.29) is 0 Å². The summed E-state index contributed by atoms with van der Waals surface area (Å²) in [5, 5.41) is 15.8. The number of rotatable bonds is 4. The highest BCUT2D eigenvalue weighted by atomic mass is 79.9. The van der Waals surface area contributed by atoms with E-state index in [9.17, 15) is 5.26 Å². The normalized spacial score (nSPS) is 11.1. The molecule has 0 saturated heterocycles. The average Bonchev–Trinajstić information content (AvgIpc) is 3.08. The first-order valence-electron chi connectivity index (χ1n) is 7.00. The Kier molecular flexibility index (Phi) is 5.31. The predicted octanol–water partition coefficient (Wildman–Crippen LogP) is 6.20. The van der Waals surface area contributed by atoms with E-state index in [4.69, 9.17) is 11.6 Å². The number of hydrogen-bond donors (Lipinski definition) is 1. The summed E-state index contributed by atoms with van der Waals surface area (Å²) in [4.78, 5) is 4.56. The lowest BCUT2D eigenvalue weighted by Crippen LogP contribution is -1.90. The lowest BCUT2D eigenvalue weighted by Gasteiger charge is -2.01. The van der Waals surface area contributed by atoms with E-state index in [0.717, 1.165) is 21.4 Å². The molecular weight excluding hydrogens is 406 g/mol. The maximum Gasteiger partial charge on any atom is 0.136 e. The van der Waals surface area contributed by atoms with Crippen molar-refractivity contribution in [2.75, 3.05) is 5.32 Å². The minimum absolute atomic E-state index is 0.485. The van der Waals surface area contributed by atoms with Gasteiger partial charge >= 0.3 is 0 Å². The fraction of sp³-hybridized carbons (Fsp3) is 0. The van der Waals surface area contributed by atoms with Crippen molar-refractivity contribution in [1.29, 1.82) is 5.26 Å². The van der Waals surface area contributed by atoms with E-state index < -0.39 is 0 Å². The first-order valence-corrected chi connectivity index (χ1v) is 9.05. The monoisotopic (exact) mass is 415 g/mol. The molecule has 1 heterocycles. The fourth-order valence-corrected chi connectivity index (χ4v) is 3.18. The van der Waals surface area contributed by atoms with Crippen LogP contribution in [0.25, 0.3) is 16.8 Å². The van der Waals surface area contributed by atoms with Gasteiger partial charge in [-0.05, 0) is 36.4 Å². The molecule has 0 spiro atoms. The van der Waals surface area contributed by atoms with Crippen molar-refractivity contribution < 1.29 is 0 Å². The van der Waals surface area contributed by atoms with Gasteiger partial charge in [-0.2, -0.15) is 5.26 Å². The molecule has 0 atom stereocenters. The highest BCUT2D eigenvalue weighted by Crippen LogP contribution is 2.27. The van der Waals surface area contributed by atoms with Crippen LogP contribution in [0.3, 0.4) is 0 Å². The van der Waals surface area contributed by atoms with Crippen molar-refractivity contribution in [3.05, 3.63) is 74.6 Å². The second-order valence-electron chi connectivity index (χ2n) is 4.87. The average molecular weight is 417 g/mol. The number of hydrogen-bond acceptors (Lipinski definition) is 4. The van der Waals surface area contributed by atoms with E-state index in [2.05, 4.69) is 32.3 Å². The number of anilines is 1. The van der Waals surface area contributed by atoms with Crippen molar-refractivity contribution in [3.63, 3.8) is 0 Å². The molecule has 0 fully saturated rings. The summed E-state index contributed by atoms with van der Waals surface area (Å²) in [5.41, 5.74) is 3.22. The van der Waals surface area contributed by atoms with Crippen LogP contribution in [0, 0.1) is 11.3 Å². The Morgan fingerprint density at radius 1 is 1.17 bits per heavy atom. The highest BCUT2D eigenvalue weighted by Gasteiger charge is 2.09. The molecule has 0 amide bonds. The van der Waals surface area contributed by atoms with Gasteiger partial charge in [-0.25, -0.2) is 4.98 Å². The van der Waals surface area contributed by atoms with Crippen LogP contribution in [-0.2, 0) is 0 Å². The number of thiazole rings is 1. The molecule has 6 heteroatoms. The quantitative estimate of drug-likeness (QED) is 0.515. The summed E-state index contributed by atoms with van der Waals surface area (Å²) >= 11 is 10.7. The first-order chi connectivity index (χ1) is 11.7. The molecule has 0 bridgehead atoms. The molecular formula is C18H11BrClN3S. The van der Waals surface area contributed by atoms with Gasteiger partial charge in [-0.3, -0.25) is 0 Å². The Hall–Kier alpha value is -2.13. The molecule has 3 rings (SSSR count). The van der Waals surface area contributed by atoms with Crippen molar-refractivity contribution in [2.45, 2.75) is 0 Å². The molecule has 0 radical (unpaired) electrons. The largest absolute Gasteiger partial charge is 0.360 e. The molecule has 0 aliphatic heterocycles. The molecule has 0 aliphatic rings. The van der Waals surface area contributed by atoms with Crippen LogP contribution < -0.4 is 5.32 Å². The van der Waals surface area contributed by atoms with E-state index in [0.29, 0.717) is 15.6 Å². The van der Waals surface area contributed by atoms with Crippen molar-refractivity contribution >= 4 is 50.1 Å². The van der Waals surface area contributed by atoms with Gasteiger partial charge in [0.1, 0.15) is 16.6 Å². The molecule has 118 valence electrons. The van der Waals surface area contributed by atoms with Gasteiger partial charge in [-0.15, -0.1) is 11.3 Å². The van der Waals surface area contributed by atoms with Crippen LogP contribution in [0.15, 0.2) is 64.6 Å². The van der Waals surface area contributed by atoms with Crippen LogP contribution in [0.5, 0.6) is 0 Å².